The molecule has 0 aliphatic heterocycles. The predicted molar refractivity (Wildman–Crippen MR) is 73.2 cm³/mol. The summed E-state index contributed by atoms with van der Waals surface area (Å²) in [7, 11) is 0. The third-order valence-corrected chi connectivity index (χ3v) is 3.35. The number of halogens is 4. The van der Waals surface area contributed by atoms with Crippen LogP contribution in [0, 0.1) is 11.2 Å². The minimum atomic E-state index is -4.70. The molecule has 1 atom stereocenters. The minimum absolute atomic E-state index is 0.00778. The first-order valence-corrected chi connectivity index (χ1v) is 6.75. The molecule has 0 amide bonds. The van der Waals surface area contributed by atoms with Crippen molar-refractivity contribution in [2.75, 3.05) is 6.61 Å². The highest BCUT2D eigenvalue weighted by Crippen LogP contribution is 2.32. The number of benzene rings is 1. The Labute approximate surface area is 122 Å². The van der Waals surface area contributed by atoms with Crippen LogP contribution in [0.1, 0.15) is 38.3 Å². The second kappa shape index (κ2) is 6.75. The number of aliphatic hydroxyl groups excluding tert-OH is 1. The molecule has 1 rings (SSSR count). The highest BCUT2D eigenvalue weighted by molar-refractivity contribution is 5.27. The third-order valence-electron chi connectivity index (χ3n) is 3.35. The van der Waals surface area contributed by atoms with Gasteiger partial charge in [0.1, 0.15) is 5.82 Å². The van der Waals surface area contributed by atoms with Crippen LogP contribution in [0.5, 0.6) is 0 Å². The van der Waals surface area contributed by atoms with Crippen LogP contribution in [0.25, 0.3) is 0 Å². The van der Waals surface area contributed by atoms with Crippen molar-refractivity contribution < 1.29 is 22.7 Å². The Morgan fingerprint density at radius 2 is 1.81 bits per heavy atom. The first kappa shape index (κ1) is 17.9. The number of nitrogens with one attached hydrogen (secondary N) is 1. The first-order valence-electron chi connectivity index (χ1n) is 6.75. The van der Waals surface area contributed by atoms with E-state index >= 15 is 0 Å². The summed E-state index contributed by atoms with van der Waals surface area (Å²) in [5.41, 5.74) is -1.04. The molecule has 6 heteroatoms. The Hall–Kier alpha value is -1.14. The van der Waals surface area contributed by atoms with Crippen LogP contribution >= 0.6 is 0 Å². The fourth-order valence-electron chi connectivity index (χ4n) is 2.11. The summed E-state index contributed by atoms with van der Waals surface area (Å²) in [6.45, 7) is 6.11. The van der Waals surface area contributed by atoms with E-state index in [9.17, 15) is 17.6 Å². The van der Waals surface area contributed by atoms with Crippen LogP contribution in [0.15, 0.2) is 18.2 Å². The van der Waals surface area contributed by atoms with Crippen LogP contribution in [0.2, 0.25) is 0 Å². The van der Waals surface area contributed by atoms with Crippen molar-refractivity contribution in [1.29, 1.82) is 0 Å². The predicted octanol–water partition coefficient (Wildman–Crippen LogP) is 3.73. The lowest BCUT2D eigenvalue weighted by molar-refractivity contribution is -0.140. The van der Waals surface area contributed by atoms with Crippen molar-refractivity contribution in [2.24, 2.45) is 5.41 Å². The second-order valence-corrected chi connectivity index (χ2v) is 6.12. The van der Waals surface area contributed by atoms with Crippen LogP contribution in [-0.2, 0) is 12.7 Å². The van der Waals surface area contributed by atoms with E-state index < -0.39 is 17.6 Å². The average Bonchev–Trinajstić information content (AvgIpc) is 2.33. The summed E-state index contributed by atoms with van der Waals surface area (Å²) in [6.07, 6.45) is -4.20. The van der Waals surface area contributed by atoms with Crippen molar-refractivity contribution in [3.63, 3.8) is 0 Å². The van der Waals surface area contributed by atoms with E-state index in [1.54, 1.807) is 0 Å². The quantitative estimate of drug-likeness (QED) is 0.812. The van der Waals surface area contributed by atoms with Crippen molar-refractivity contribution in [1.82, 2.24) is 5.32 Å². The molecule has 1 aromatic carbocycles. The Morgan fingerprint density at radius 3 is 2.29 bits per heavy atom. The molecule has 1 unspecified atom stereocenters. The van der Waals surface area contributed by atoms with Gasteiger partial charge in [0.15, 0.2) is 0 Å². The van der Waals surface area contributed by atoms with Gasteiger partial charge < -0.3 is 10.4 Å². The fraction of sp³-hybridized carbons (Fsp3) is 0.600. The van der Waals surface area contributed by atoms with Crippen molar-refractivity contribution in [3.8, 4) is 0 Å². The molecule has 0 aromatic heterocycles. The standard InChI is InChI=1S/C15H21F4NO/c1-14(2,3)13(6-7-21)20-9-10-4-5-12(16)11(8-10)15(17,18)19/h4-5,8,13,20-21H,6-7,9H2,1-3H3. The van der Waals surface area contributed by atoms with E-state index in [4.69, 9.17) is 5.11 Å². The number of hydrogen-bond donors (Lipinski definition) is 2. The summed E-state index contributed by atoms with van der Waals surface area (Å²) in [6, 6.07) is 2.93. The highest BCUT2D eigenvalue weighted by Gasteiger charge is 2.34. The Kier molecular flexibility index (Phi) is 5.75. The Morgan fingerprint density at radius 1 is 1.19 bits per heavy atom. The van der Waals surface area contributed by atoms with Gasteiger partial charge in [-0.25, -0.2) is 4.39 Å². The van der Waals surface area contributed by atoms with Gasteiger partial charge in [-0.15, -0.1) is 0 Å². The van der Waals surface area contributed by atoms with Crippen LogP contribution in [0.4, 0.5) is 17.6 Å². The lowest BCUT2D eigenvalue weighted by Crippen LogP contribution is -2.40. The van der Waals surface area contributed by atoms with Gasteiger partial charge in [0.2, 0.25) is 0 Å². The van der Waals surface area contributed by atoms with Gasteiger partial charge in [-0.05, 0) is 29.5 Å². The number of hydrogen-bond acceptors (Lipinski definition) is 2. The molecule has 0 fully saturated rings. The van der Waals surface area contributed by atoms with E-state index in [0.717, 1.165) is 12.1 Å². The Bertz CT molecular complexity index is 466. The smallest absolute Gasteiger partial charge is 0.396 e. The van der Waals surface area contributed by atoms with E-state index in [2.05, 4.69) is 5.32 Å². The van der Waals surface area contributed by atoms with Gasteiger partial charge >= 0.3 is 6.18 Å². The van der Waals surface area contributed by atoms with Crippen LogP contribution in [-0.4, -0.2) is 17.8 Å². The van der Waals surface area contributed by atoms with Crippen LogP contribution in [0.3, 0.4) is 0 Å². The molecule has 0 bridgehead atoms. The summed E-state index contributed by atoms with van der Waals surface area (Å²) in [4.78, 5) is 0. The van der Waals surface area contributed by atoms with E-state index in [1.165, 1.54) is 6.07 Å². The molecular weight excluding hydrogens is 286 g/mol. The van der Waals surface area contributed by atoms with Gasteiger partial charge in [0.05, 0.1) is 5.56 Å². The van der Waals surface area contributed by atoms with Crippen molar-refractivity contribution in [2.45, 2.75) is 46.0 Å². The monoisotopic (exact) mass is 307 g/mol. The van der Waals surface area contributed by atoms with E-state index in [-0.39, 0.29) is 24.6 Å². The molecule has 0 saturated carbocycles. The molecule has 0 heterocycles. The summed E-state index contributed by atoms with van der Waals surface area (Å²) >= 11 is 0. The minimum Gasteiger partial charge on any atom is -0.396 e. The molecular formula is C15H21F4NO. The van der Waals surface area contributed by atoms with Crippen molar-refractivity contribution in [3.05, 3.63) is 35.1 Å². The molecule has 0 radical (unpaired) electrons. The number of aliphatic hydroxyl groups is 1. The lowest BCUT2D eigenvalue weighted by Gasteiger charge is -2.31. The SMILES string of the molecule is CC(C)(C)C(CCO)NCc1ccc(F)c(C(F)(F)F)c1. The van der Waals surface area contributed by atoms with Crippen LogP contribution < -0.4 is 5.32 Å². The van der Waals surface area contributed by atoms with Gasteiger partial charge in [0.25, 0.3) is 0 Å². The van der Waals surface area contributed by atoms with Gasteiger partial charge in [-0.3, -0.25) is 0 Å². The largest absolute Gasteiger partial charge is 0.419 e. The van der Waals surface area contributed by atoms with Gasteiger partial charge in [0, 0.05) is 19.2 Å². The second-order valence-electron chi connectivity index (χ2n) is 6.12. The molecule has 0 saturated heterocycles. The maximum atomic E-state index is 13.2. The number of rotatable bonds is 5. The molecule has 2 N–H and O–H groups in total. The summed E-state index contributed by atoms with van der Waals surface area (Å²) in [5, 5.41) is 12.2. The third kappa shape index (κ3) is 5.28. The molecule has 2 nitrogen and oxygen atoms in total. The molecule has 0 aliphatic rings. The summed E-state index contributed by atoms with van der Waals surface area (Å²) in [5.74, 6) is -1.27. The zero-order valence-electron chi connectivity index (χ0n) is 12.4. The molecule has 0 aliphatic carbocycles. The summed E-state index contributed by atoms with van der Waals surface area (Å²) < 4.78 is 51.1. The fourth-order valence-corrected chi connectivity index (χ4v) is 2.11. The van der Waals surface area contributed by atoms with Crippen molar-refractivity contribution >= 4 is 0 Å². The number of alkyl halides is 3. The van der Waals surface area contributed by atoms with Gasteiger partial charge in [-0.2, -0.15) is 13.2 Å². The maximum Gasteiger partial charge on any atom is 0.419 e. The molecule has 1 aromatic rings. The van der Waals surface area contributed by atoms with E-state index in [0.29, 0.717) is 12.0 Å². The van der Waals surface area contributed by atoms with E-state index in [1.807, 2.05) is 20.8 Å². The lowest BCUT2D eigenvalue weighted by atomic mass is 9.85. The van der Waals surface area contributed by atoms with Gasteiger partial charge in [-0.1, -0.05) is 26.8 Å². The zero-order valence-corrected chi connectivity index (χ0v) is 12.4. The Balaban J connectivity index is 2.84. The highest BCUT2D eigenvalue weighted by atomic mass is 19.4. The zero-order chi connectivity index (χ0) is 16.3. The maximum absolute atomic E-state index is 13.2. The molecule has 120 valence electrons. The topological polar surface area (TPSA) is 32.3 Å². The molecule has 21 heavy (non-hydrogen) atoms. The molecule has 0 spiro atoms. The average molecular weight is 307 g/mol. The normalized spacial score (nSPS) is 14.3. The first-order chi connectivity index (χ1) is 9.55.